The molecule has 9 heterocycles. The Morgan fingerprint density at radius 3 is 0.856 bits per heavy atom. The number of nitrogens with zero attached hydrogens (tertiary/aromatic N) is 2. The van der Waals surface area contributed by atoms with E-state index in [0.29, 0.717) is 0 Å². The second-order valence-corrected chi connectivity index (χ2v) is 33.7. The Bertz CT molecular complexity index is 6780. The summed E-state index contributed by atoms with van der Waals surface area (Å²) in [7, 11) is -0.952. The molecule has 13 nitrogen and oxygen atoms in total. The van der Waals surface area contributed by atoms with Crippen LogP contribution in [0.2, 0.25) is 0 Å². The number of fused-ring (bicyclic) bond motifs is 17. The summed E-state index contributed by atoms with van der Waals surface area (Å²) in [4.78, 5) is 4.47. The zero-order valence-corrected chi connectivity index (χ0v) is 67.4. The Morgan fingerprint density at radius 1 is 0.246 bits per heavy atom. The Hall–Kier alpha value is -13.1. The van der Waals surface area contributed by atoms with Crippen LogP contribution in [-0.4, -0.2) is 36.6 Å². The monoisotopic (exact) mass is 1600 g/mol. The predicted molar refractivity (Wildman–Crippen MR) is 477 cm³/mol. The van der Waals surface area contributed by atoms with Gasteiger partial charge in [0.1, 0.15) is 44.9 Å². The summed E-state index contributed by atoms with van der Waals surface area (Å²) < 4.78 is 70.7. The lowest BCUT2D eigenvalue weighted by Gasteiger charge is -2.38. The molecule has 24 rings (SSSR count). The van der Waals surface area contributed by atoms with Crippen molar-refractivity contribution < 1.29 is 50.8 Å². The molecule has 118 heavy (non-hydrogen) atoms. The third-order valence-corrected chi connectivity index (χ3v) is 25.1. The van der Waals surface area contributed by atoms with Crippen LogP contribution in [0.25, 0.3) is 121 Å². The SMILES string of the molecule is Brc1ccc(-c2cccc3oc4ccccc4c23)cc1.CC1(C)OB(c2ccc3c(c2)Oc2cccc4c2N3c2ccc(B3OC(C)(C)C(C)(C)O3)cc2O4)OC1(C)C.c1cc2c3c(c1)Oc1cc(-c4ccc(-c5cccc6oc7ccccc7c56)cc4)ccc1N3c1ccc(-c3ccc(-c4cccc5oc6ccccc6c45)cc3)cc1O2. The Kier molecular flexibility index (Phi) is 16.4. The van der Waals surface area contributed by atoms with E-state index in [9.17, 15) is 0 Å². The van der Waals surface area contributed by atoms with Gasteiger partial charge in [-0.1, -0.05) is 204 Å². The maximum Gasteiger partial charge on any atom is 0.494 e. The number of hydrogen-bond acceptors (Lipinski definition) is 13. The van der Waals surface area contributed by atoms with Crippen LogP contribution in [0.15, 0.2) is 327 Å². The molecular weight excluding hydrogens is 1530 g/mol. The van der Waals surface area contributed by atoms with Gasteiger partial charge in [0.2, 0.25) is 0 Å². The van der Waals surface area contributed by atoms with Crippen molar-refractivity contribution in [3.05, 3.63) is 314 Å². The van der Waals surface area contributed by atoms with Crippen molar-refractivity contribution in [3.8, 4) is 102 Å². The Balaban J connectivity index is 0.000000121. The number of ether oxygens (including phenoxy) is 4. The van der Waals surface area contributed by atoms with E-state index in [1.807, 2.05) is 121 Å². The second kappa shape index (κ2) is 27.0. The molecule has 16 heteroatoms. The molecule has 0 N–H and O–H groups in total. The summed E-state index contributed by atoms with van der Waals surface area (Å²) in [5.74, 6) is 6.02. The molecule has 0 amide bonds. The maximum absolute atomic E-state index is 6.62. The zero-order chi connectivity index (χ0) is 79.7. The van der Waals surface area contributed by atoms with Crippen LogP contribution in [-0.2, 0) is 18.6 Å². The topological polar surface area (TPSA) is 120 Å². The summed E-state index contributed by atoms with van der Waals surface area (Å²) in [6.45, 7) is 16.5. The van der Waals surface area contributed by atoms with Crippen molar-refractivity contribution in [3.63, 3.8) is 0 Å². The fraction of sp³-hybridized carbons (Fsp3) is 0.118. The van der Waals surface area contributed by atoms with Crippen LogP contribution < -0.4 is 39.7 Å². The van der Waals surface area contributed by atoms with Gasteiger partial charge in [-0.05, 0) is 243 Å². The average Bonchev–Trinajstić information content (AvgIpc) is 1.08. The summed E-state index contributed by atoms with van der Waals surface area (Å²) in [5, 5.41) is 6.88. The summed E-state index contributed by atoms with van der Waals surface area (Å²) >= 11 is 3.48. The first-order valence-corrected chi connectivity index (χ1v) is 40.6. The lowest BCUT2D eigenvalue weighted by atomic mass is 9.78. The van der Waals surface area contributed by atoms with Crippen molar-refractivity contribution in [1.29, 1.82) is 0 Å². The van der Waals surface area contributed by atoms with Crippen LogP contribution in [0.5, 0.6) is 46.0 Å². The van der Waals surface area contributed by atoms with Crippen molar-refractivity contribution in [2.75, 3.05) is 9.80 Å². The molecule has 572 valence electrons. The van der Waals surface area contributed by atoms with Crippen LogP contribution in [0.1, 0.15) is 55.4 Å². The zero-order valence-electron chi connectivity index (χ0n) is 65.9. The standard InChI is InChI=1S/C54H31NO4.C30H33B2NO6.C18H11BrO/c1-3-12-44-40(8-1)52-38(10-5-14-46(52)56-44)34-22-18-32(19-23-34)36-26-28-42-50(30-36)58-48-16-7-17-49-54(48)55(42)43-29-27-37(31-51(43)59-49)33-20-24-35(25-21-33)39-11-6-15-47-53(39)41-9-2-4-13-45(41)57-47;1-27(2)28(3,4)37-31(36-27)18-12-14-20-24(16-18)34-22-10-9-11-23-26(22)33(20)21-15-13-19(17-25(21)35-23)32-38-29(5,6)30(7,8)39-32;19-13-10-8-12(9-11-13)14-5-3-7-17-18(14)15-4-1-2-6-16(15)20-17/h1-31H;9-17H,1-8H3;1-11H. The van der Waals surface area contributed by atoms with Crippen LogP contribution >= 0.6 is 15.9 Å². The fourth-order valence-corrected chi connectivity index (χ4v) is 17.4. The van der Waals surface area contributed by atoms with Crippen molar-refractivity contribution in [2.45, 2.75) is 77.8 Å². The average molecular weight is 1610 g/mol. The summed E-state index contributed by atoms with van der Waals surface area (Å²) in [6.07, 6.45) is 0. The molecule has 0 aliphatic carbocycles. The Labute approximate surface area is 690 Å². The first-order valence-electron chi connectivity index (χ1n) is 39.8. The minimum absolute atomic E-state index is 0.423. The van der Waals surface area contributed by atoms with E-state index in [0.717, 1.165) is 195 Å². The number of para-hydroxylation sites is 5. The van der Waals surface area contributed by atoms with Crippen LogP contribution in [0.4, 0.5) is 34.1 Å². The van der Waals surface area contributed by atoms with Crippen molar-refractivity contribution >= 4 is 141 Å². The third kappa shape index (κ3) is 11.7. The molecular formula is C102H75B2BrN2O11. The molecule has 18 aromatic rings. The number of halogens is 1. The minimum atomic E-state index is -0.476. The van der Waals surface area contributed by atoms with E-state index >= 15 is 0 Å². The molecule has 6 aliphatic rings. The second-order valence-electron chi connectivity index (χ2n) is 32.8. The highest BCUT2D eigenvalue weighted by Crippen LogP contribution is 2.62. The van der Waals surface area contributed by atoms with E-state index in [1.165, 1.54) is 21.9 Å². The van der Waals surface area contributed by atoms with Gasteiger partial charge < -0.3 is 50.8 Å². The highest BCUT2D eigenvalue weighted by molar-refractivity contribution is 9.10. The third-order valence-electron chi connectivity index (χ3n) is 24.6. The van der Waals surface area contributed by atoms with Gasteiger partial charge in [-0.3, -0.25) is 9.80 Å². The number of benzene rings is 15. The normalized spacial score (nSPS) is 15.7. The van der Waals surface area contributed by atoms with Gasteiger partial charge in [0.15, 0.2) is 46.0 Å². The molecule has 2 saturated heterocycles. The van der Waals surface area contributed by atoms with Gasteiger partial charge >= 0.3 is 14.2 Å². The number of hydrogen-bond donors (Lipinski definition) is 0. The molecule has 0 radical (unpaired) electrons. The lowest BCUT2D eigenvalue weighted by molar-refractivity contribution is 0.00578. The molecule has 0 unspecified atom stereocenters. The molecule has 3 aromatic heterocycles. The van der Waals surface area contributed by atoms with Gasteiger partial charge in [0.25, 0.3) is 0 Å². The molecule has 15 aromatic carbocycles. The van der Waals surface area contributed by atoms with Crippen LogP contribution in [0, 0.1) is 0 Å². The van der Waals surface area contributed by atoms with E-state index in [-0.39, 0.29) is 0 Å². The quantitative estimate of drug-likeness (QED) is 0.141. The maximum atomic E-state index is 6.62. The Morgan fingerprint density at radius 2 is 0.517 bits per heavy atom. The van der Waals surface area contributed by atoms with Crippen molar-refractivity contribution in [2.24, 2.45) is 0 Å². The van der Waals surface area contributed by atoms with Gasteiger partial charge in [-0.15, -0.1) is 0 Å². The molecule has 0 bridgehead atoms. The van der Waals surface area contributed by atoms with Crippen LogP contribution in [0.3, 0.4) is 0 Å². The van der Waals surface area contributed by atoms with E-state index in [4.69, 9.17) is 50.8 Å². The van der Waals surface area contributed by atoms with Crippen molar-refractivity contribution in [1.82, 2.24) is 0 Å². The first kappa shape index (κ1) is 71.5. The van der Waals surface area contributed by atoms with Gasteiger partial charge in [0.05, 0.1) is 45.2 Å². The molecule has 0 atom stereocenters. The van der Waals surface area contributed by atoms with E-state index < -0.39 is 36.6 Å². The smallest absolute Gasteiger partial charge is 0.456 e. The molecule has 0 spiro atoms. The highest BCUT2D eigenvalue weighted by Gasteiger charge is 2.54. The first-order chi connectivity index (χ1) is 57.3. The molecule has 2 fully saturated rings. The molecule has 0 saturated carbocycles. The van der Waals surface area contributed by atoms with E-state index in [1.54, 1.807) is 0 Å². The predicted octanol–water partition coefficient (Wildman–Crippen LogP) is 27.8. The van der Waals surface area contributed by atoms with Gasteiger partial charge in [-0.2, -0.15) is 0 Å². The summed E-state index contributed by atoms with van der Waals surface area (Å²) in [6, 6.07) is 106. The largest absolute Gasteiger partial charge is 0.494 e. The van der Waals surface area contributed by atoms with E-state index in [2.05, 4.69) is 269 Å². The van der Waals surface area contributed by atoms with Gasteiger partial charge in [0, 0.05) is 36.8 Å². The summed E-state index contributed by atoms with van der Waals surface area (Å²) in [5.41, 5.74) is 22.5. The lowest BCUT2D eigenvalue weighted by Crippen LogP contribution is -2.41. The van der Waals surface area contributed by atoms with Gasteiger partial charge in [-0.25, -0.2) is 0 Å². The highest BCUT2D eigenvalue weighted by atomic mass is 79.9. The number of anilines is 6. The molecule has 6 aliphatic heterocycles. The fourth-order valence-electron chi connectivity index (χ4n) is 17.1. The number of furan rings is 3. The minimum Gasteiger partial charge on any atom is -0.456 e. The number of rotatable bonds is 7.